The molecule has 4 heteroatoms. The summed E-state index contributed by atoms with van der Waals surface area (Å²) in [6.45, 7) is 0.316. The Bertz CT molecular complexity index is 808. The van der Waals surface area contributed by atoms with Gasteiger partial charge in [-0.1, -0.05) is 48.5 Å². The maximum absolute atomic E-state index is 12.4. The molecule has 0 N–H and O–H groups in total. The second kappa shape index (κ2) is 3.76. The first-order chi connectivity index (χ1) is 10.2. The van der Waals surface area contributed by atoms with E-state index in [-0.39, 0.29) is 17.8 Å². The summed E-state index contributed by atoms with van der Waals surface area (Å²) in [5.41, 5.74) is 4.89. The molecule has 0 amide bonds. The molecule has 6 rings (SSSR count). The summed E-state index contributed by atoms with van der Waals surface area (Å²) >= 11 is 0. The van der Waals surface area contributed by atoms with Crippen molar-refractivity contribution in [2.45, 2.75) is 17.1 Å². The molecular formula is C17H14O3S. The van der Waals surface area contributed by atoms with Crippen molar-refractivity contribution in [2.75, 3.05) is 6.61 Å². The molecule has 1 fully saturated rings. The van der Waals surface area contributed by atoms with Crippen LogP contribution in [0.1, 0.15) is 34.1 Å². The average Bonchev–Trinajstić information content (AvgIpc) is 2.84. The Balaban J connectivity index is 1.88. The molecule has 2 atom stereocenters. The molecule has 106 valence electrons. The van der Waals surface area contributed by atoms with E-state index in [0.29, 0.717) is 6.61 Å². The molecule has 2 bridgehead atoms. The molecule has 1 heterocycles. The predicted octanol–water partition coefficient (Wildman–Crippen LogP) is 2.62. The van der Waals surface area contributed by atoms with E-state index in [9.17, 15) is 8.42 Å². The number of hydrogen-bond acceptors (Lipinski definition) is 3. The zero-order valence-electron chi connectivity index (χ0n) is 11.3. The Kier molecular flexibility index (Phi) is 2.14. The first-order valence-electron chi connectivity index (χ1n) is 7.24. The first-order valence-corrected chi connectivity index (χ1v) is 8.71. The molecule has 3 nitrogen and oxygen atoms in total. The van der Waals surface area contributed by atoms with Crippen molar-refractivity contribution in [1.29, 1.82) is 0 Å². The summed E-state index contributed by atoms with van der Waals surface area (Å²) in [6, 6.07) is 16.5. The normalized spacial score (nSPS) is 34.1. The molecule has 0 radical (unpaired) electrons. The summed E-state index contributed by atoms with van der Waals surface area (Å²) in [6.07, 6.45) is 0. The van der Waals surface area contributed by atoms with E-state index in [1.165, 1.54) is 11.1 Å². The summed E-state index contributed by atoms with van der Waals surface area (Å²) < 4.78 is 30.0. The van der Waals surface area contributed by atoms with Gasteiger partial charge in [-0.3, -0.25) is 4.18 Å². The largest absolute Gasteiger partial charge is 0.271 e. The Morgan fingerprint density at radius 2 is 1.29 bits per heavy atom. The maximum atomic E-state index is 12.4. The Morgan fingerprint density at radius 1 is 0.810 bits per heavy atom. The molecule has 3 aliphatic carbocycles. The van der Waals surface area contributed by atoms with Crippen molar-refractivity contribution in [3.8, 4) is 0 Å². The third-order valence-electron chi connectivity index (χ3n) is 5.27. The van der Waals surface area contributed by atoms with Crippen LogP contribution in [0.2, 0.25) is 0 Å². The molecule has 1 aliphatic heterocycles. The second-order valence-electron chi connectivity index (χ2n) is 6.12. The summed E-state index contributed by atoms with van der Waals surface area (Å²) in [5, 5.41) is -0.424. The molecule has 0 spiro atoms. The molecule has 1 saturated heterocycles. The molecule has 0 unspecified atom stereocenters. The summed E-state index contributed by atoms with van der Waals surface area (Å²) in [4.78, 5) is 0. The van der Waals surface area contributed by atoms with Gasteiger partial charge in [0, 0.05) is 17.8 Å². The minimum Gasteiger partial charge on any atom is -0.269 e. The Labute approximate surface area is 123 Å². The predicted molar refractivity (Wildman–Crippen MR) is 78.7 cm³/mol. The fraction of sp³-hybridized carbons (Fsp3) is 0.294. The highest BCUT2D eigenvalue weighted by Crippen LogP contribution is 2.59. The SMILES string of the molecule is O=S1(=O)OC[C@H]2C3c4ccccc4C(c4ccccc43)[C@H]21. The highest BCUT2D eigenvalue weighted by atomic mass is 32.2. The number of rotatable bonds is 0. The van der Waals surface area contributed by atoms with Crippen LogP contribution >= 0.6 is 0 Å². The van der Waals surface area contributed by atoms with Crippen molar-refractivity contribution < 1.29 is 12.6 Å². The van der Waals surface area contributed by atoms with Gasteiger partial charge in [0.05, 0.1) is 6.61 Å². The molecule has 4 aliphatic rings. The smallest absolute Gasteiger partial charge is 0.269 e. The second-order valence-corrected chi connectivity index (χ2v) is 7.88. The van der Waals surface area contributed by atoms with Crippen LogP contribution < -0.4 is 0 Å². The van der Waals surface area contributed by atoms with Crippen LogP contribution in [-0.2, 0) is 14.3 Å². The van der Waals surface area contributed by atoms with Crippen LogP contribution in [0, 0.1) is 5.92 Å². The third kappa shape index (κ3) is 1.35. The molecular weight excluding hydrogens is 284 g/mol. The van der Waals surface area contributed by atoms with Gasteiger partial charge in [-0.05, 0) is 22.3 Å². The Hall–Kier alpha value is -1.65. The summed E-state index contributed by atoms with van der Waals surface area (Å²) in [5.74, 6) is 0.106. The lowest BCUT2D eigenvalue weighted by atomic mass is 9.59. The van der Waals surface area contributed by atoms with Crippen LogP contribution in [-0.4, -0.2) is 20.3 Å². The van der Waals surface area contributed by atoms with E-state index in [4.69, 9.17) is 4.18 Å². The lowest BCUT2D eigenvalue weighted by Crippen LogP contribution is -2.44. The van der Waals surface area contributed by atoms with E-state index < -0.39 is 15.4 Å². The molecule has 2 aromatic carbocycles. The van der Waals surface area contributed by atoms with Crippen LogP contribution in [0.15, 0.2) is 48.5 Å². The van der Waals surface area contributed by atoms with Crippen LogP contribution in [0.3, 0.4) is 0 Å². The minimum atomic E-state index is -3.46. The highest BCUT2D eigenvalue weighted by molar-refractivity contribution is 7.87. The van der Waals surface area contributed by atoms with Gasteiger partial charge in [0.25, 0.3) is 10.1 Å². The lowest BCUT2D eigenvalue weighted by Gasteiger charge is -2.46. The standard InChI is InChI=1S/C17H14O3S/c18-21(19)17-14(9-20-21)15-10-5-1-3-7-12(10)16(17)13-8-4-2-6-11(13)15/h1-8,14-17H,9H2/t14-,15?,16?,17-/m0/s1. The van der Waals surface area contributed by atoms with Gasteiger partial charge >= 0.3 is 0 Å². The van der Waals surface area contributed by atoms with E-state index in [1.54, 1.807) is 0 Å². The van der Waals surface area contributed by atoms with Crippen LogP contribution in [0.25, 0.3) is 0 Å². The lowest BCUT2D eigenvalue weighted by molar-refractivity contribution is 0.275. The van der Waals surface area contributed by atoms with Gasteiger partial charge in [-0.2, -0.15) is 8.42 Å². The minimum absolute atomic E-state index is 0.0461. The number of hydrogen-bond donors (Lipinski definition) is 0. The number of benzene rings is 2. The first kappa shape index (κ1) is 12.0. The summed E-state index contributed by atoms with van der Waals surface area (Å²) in [7, 11) is -3.46. The van der Waals surface area contributed by atoms with Crippen molar-refractivity contribution in [3.63, 3.8) is 0 Å². The highest BCUT2D eigenvalue weighted by Gasteiger charge is 2.58. The van der Waals surface area contributed by atoms with E-state index in [0.717, 1.165) is 11.1 Å². The molecule has 0 aromatic heterocycles. The molecule has 0 saturated carbocycles. The van der Waals surface area contributed by atoms with Gasteiger partial charge in [0.1, 0.15) is 5.25 Å². The zero-order valence-corrected chi connectivity index (χ0v) is 12.1. The van der Waals surface area contributed by atoms with E-state index >= 15 is 0 Å². The zero-order chi connectivity index (χ0) is 14.2. The van der Waals surface area contributed by atoms with Gasteiger partial charge in [-0.25, -0.2) is 0 Å². The van der Waals surface area contributed by atoms with Crippen molar-refractivity contribution in [3.05, 3.63) is 70.8 Å². The van der Waals surface area contributed by atoms with Crippen molar-refractivity contribution in [1.82, 2.24) is 0 Å². The van der Waals surface area contributed by atoms with Crippen molar-refractivity contribution in [2.24, 2.45) is 5.92 Å². The van der Waals surface area contributed by atoms with Crippen LogP contribution in [0.5, 0.6) is 0 Å². The third-order valence-corrected chi connectivity index (χ3v) is 7.02. The van der Waals surface area contributed by atoms with Gasteiger partial charge in [0.2, 0.25) is 0 Å². The monoisotopic (exact) mass is 298 g/mol. The fourth-order valence-electron chi connectivity index (χ4n) is 4.57. The fourth-order valence-corrected chi connectivity index (χ4v) is 6.36. The van der Waals surface area contributed by atoms with E-state index in [2.05, 4.69) is 24.3 Å². The van der Waals surface area contributed by atoms with Gasteiger partial charge in [0.15, 0.2) is 0 Å². The quantitative estimate of drug-likeness (QED) is 0.702. The maximum Gasteiger partial charge on any atom is 0.271 e. The average molecular weight is 298 g/mol. The van der Waals surface area contributed by atoms with Crippen LogP contribution in [0.4, 0.5) is 0 Å². The Morgan fingerprint density at radius 3 is 1.81 bits per heavy atom. The molecule has 2 aromatic rings. The molecule has 21 heavy (non-hydrogen) atoms. The van der Waals surface area contributed by atoms with Gasteiger partial charge in [-0.15, -0.1) is 0 Å². The van der Waals surface area contributed by atoms with Crippen molar-refractivity contribution >= 4 is 10.1 Å². The van der Waals surface area contributed by atoms with E-state index in [1.807, 2.05) is 24.3 Å². The topological polar surface area (TPSA) is 43.4 Å². The van der Waals surface area contributed by atoms with Gasteiger partial charge < -0.3 is 0 Å².